The third-order valence-corrected chi connectivity index (χ3v) is 3.98. The Kier molecular flexibility index (Phi) is 3.49. The number of nitrogens with zero attached hydrogens (tertiary/aromatic N) is 2. The predicted molar refractivity (Wildman–Crippen MR) is 81.7 cm³/mol. The van der Waals surface area contributed by atoms with E-state index >= 15 is 0 Å². The number of carbonyl (C=O) groups excluding carboxylic acids is 1. The number of hydrogen-bond donors (Lipinski definition) is 0. The highest BCUT2D eigenvalue weighted by atomic mass is 16.7. The maximum Gasteiger partial charge on any atom is 0.254 e. The van der Waals surface area contributed by atoms with Gasteiger partial charge in [-0.2, -0.15) is 0 Å². The van der Waals surface area contributed by atoms with Gasteiger partial charge in [-0.25, -0.2) is 4.98 Å². The fraction of sp³-hybridized carbons (Fsp3) is 0.294. The highest BCUT2D eigenvalue weighted by molar-refractivity contribution is 5.95. The predicted octanol–water partition coefficient (Wildman–Crippen LogP) is 2.10. The van der Waals surface area contributed by atoms with Crippen molar-refractivity contribution in [2.24, 2.45) is 0 Å². The smallest absolute Gasteiger partial charge is 0.254 e. The zero-order valence-corrected chi connectivity index (χ0v) is 12.5. The summed E-state index contributed by atoms with van der Waals surface area (Å²) in [6.45, 7) is 1.44. The second-order valence-electron chi connectivity index (χ2n) is 5.52. The minimum Gasteiger partial charge on any atom is -0.472 e. The summed E-state index contributed by atoms with van der Waals surface area (Å²) in [4.78, 5) is 18.6. The standard InChI is InChI=1S/C17H16N2O4/c20-17(12-4-5-14-15(9-12)22-11-21-14)19-8-6-13(10-19)23-16-3-1-2-7-18-16/h1-5,7,9,13H,6,8,10-11H2. The molecule has 23 heavy (non-hydrogen) atoms. The molecule has 6 nitrogen and oxygen atoms in total. The third-order valence-electron chi connectivity index (χ3n) is 3.98. The molecule has 1 aromatic carbocycles. The fourth-order valence-corrected chi connectivity index (χ4v) is 2.81. The van der Waals surface area contributed by atoms with E-state index < -0.39 is 0 Å². The first-order valence-corrected chi connectivity index (χ1v) is 7.56. The van der Waals surface area contributed by atoms with Crippen LogP contribution in [-0.2, 0) is 0 Å². The van der Waals surface area contributed by atoms with Gasteiger partial charge < -0.3 is 19.1 Å². The van der Waals surface area contributed by atoms with Crippen LogP contribution in [0.15, 0.2) is 42.6 Å². The molecule has 3 heterocycles. The van der Waals surface area contributed by atoms with Gasteiger partial charge >= 0.3 is 0 Å². The van der Waals surface area contributed by atoms with Crippen LogP contribution in [0.3, 0.4) is 0 Å². The minimum atomic E-state index is -0.0251. The number of rotatable bonds is 3. The van der Waals surface area contributed by atoms with Crippen molar-refractivity contribution in [1.29, 1.82) is 0 Å². The van der Waals surface area contributed by atoms with Gasteiger partial charge in [0.2, 0.25) is 12.7 Å². The lowest BCUT2D eigenvalue weighted by Crippen LogP contribution is -2.31. The molecule has 1 saturated heterocycles. The Bertz CT molecular complexity index is 720. The molecule has 4 rings (SSSR count). The van der Waals surface area contributed by atoms with Gasteiger partial charge in [0.05, 0.1) is 6.54 Å². The van der Waals surface area contributed by atoms with Crippen LogP contribution in [0.4, 0.5) is 0 Å². The summed E-state index contributed by atoms with van der Waals surface area (Å²) >= 11 is 0. The fourth-order valence-electron chi connectivity index (χ4n) is 2.81. The number of ether oxygens (including phenoxy) is 3. The molecule has 0 aliphatic carbocycles. The summed E-state index contributed by atoms with van der Waals surface area (Å²) in [5.74, 6) is 1.88. The van der Waals surface area contributed by atoms with Crippen LogP contribution in [0.5, 0.6) is 17.4 Å². The van der Waals surface area contributed by atoms with E-state index in [0.29, 0.717) is 36.0 Å². The van der Waals surface area contributed by atoms with E-state index in [1.165, 1.54) is 0 Å². The molecule has 1 fully saturated rings. The van der Waals surface area contributed by atoms with Gasteiger partial charge in [0.1, 0.15) is 6.10 Å². The van der Waals surface area contributed by atoms with Crippen LogP contribution in [0, 0.1) is 0 Å². The number of fused-ring (bicyclic) bond motifs is 1. The minimum absolute atomic E-state index is 0.0181. The normalized spacial score (nSPS) is 19.0. The summed E-state index contributed by atoms with van der Waals surface area (Å²) in [5.41, 5.74) is 0.604. The summed E-state index contributed by atoms with van der Waals surface area (Å²) < 4.78 is 16.4. The molecule has 1 atom stereocenters. The van der Waals surface area contributed by atoms with Crippen molar-refractivity contribution in [2.45, 2.75) is 12.5 Å². The topological polar surface area (TPSA) is 60.9 Å². The van der Waals surface area contributed by atoms with E-state index in [0.717, 1.165) is 6.42 Å². The largest absolute Gasteiger partial charge is 0.472 e. The Morgan fingerprint density at radius 2 is 2.13 bits per heavy atom. The van der Waals surface area contributed by atoms with E-state index in [-0.39, 0.29) is 18.8 Å². The Balaban J connectivity index is 1.42. The van der Waals surface area contributed by atoms with Crippen LogP contribution in [0.25, 0.3) is 0 Å². The highest BCUT2D eigenvalue weighted by Gasteiger charge is 2.29. The molecule has 0 saturated carbocycles. The molecule has 1 unspecified atom stereocenters. The second kappa shape index (κ2) is 5.79. The maximum absolute atomic E-state index is 12.6. The number of amides is 1. The molecule has 0 N–H and O–H groups in total. The zero-order chi connectivity index (χ0) is 15.6. The first-order chi connectivity index (χ1) is 11.3. The van der Waals surface area contributed by atoms with Crippen molar-refractivity contribution < 1.29 is 19.0 Å². The van der Waals surface area contributed by atoms with Crippen LogP contribution in [-0.4, -0.2) is 41.8 Å². The van der Waals surface area contributed by atoms with Gasteiger partial charge in [-0.15, -0.1) is 0 Å². The molecule has 118 valence electrons. The number of likely N-dealkylation sites (tertiary alicyclic amines) is 1. The molecule has 0 spiro atoms. The van der Waals surface area contributed by atoms with Crippen LogP contribution >= 0.6 is 0 Å². The number of benzene rings is 1. The van der Waals surface area contributed by atoms with E-state index in [1.807, 2.05) is 18.2 Å². The summed E-state index contributed by atoms with van der Waals surface area (Å²) in [7, 11) is 0. The van der Waals surface area contributed by atoms with Gasteiger partial charge in [0.25, 0.3) is 5.91 Å². The second-order valence-corrected chi connectivity index (χ2v) is 5.52. The van der Waals surface area contributed by atoms with E-state index in [4.69, 9.17) is 14.2 Å². The van der Waals surface area contributed by atoms with E-state index in [9.17, 15) is 4.79 Å². The molecule has 1 aromatic heterocycles. The number of pyridine rings is 1. The molecule has 6 heteroatoms. The van der Waals surface area contributed by atoms with Crippen molar-refractivity contribution in [3.05, 3.63) is 48.2 Å². The van der Waals surface area contributed by atoms with E-state index in [1.54, 1.807) is 29.3 Å². The Morgan fingerprint density at radius 1 is 1.22 bits per heavy atom. The number of carbonyl (C=O) groups is 1. The molecule has 1 amide bonds. The quantitative estimate of drug-likeness (QED) is 0.868. The highest BCUT2D eigenvalue weighted by Crippen LogP contribution is 2.33. The summed E-state index contributed by atoms with van der Waals surface area (Å²) in [6, 6.07) is 10.8. The van der Waals surface area contributed by atoms with Crippen LogP contribution in [0.1, 0.15) is 16.8 Å². The first-order valence-electron chi connectivity index (χ1n) is 7.56. The third kappa shape index (κ3) is 2.79. The average molecular weight is 312 g/mol. The van der Waals surface area contributed by atoms with Crippen molar-refractivity contribution in [3.63, 3.8) is 0 Å². The van der Waals surface area contributed by atoms with Crippen LogP contribution in [0.2, 0.25) is 0 Å². The molecular formula is C17H16N2O4. The van der Waals surface area contributed by atoms with Gasteiger partial charge in [-0.3, -0.25) is 4.79 Å². The number of aromatic nitrogens is 1. The van der Waals surface area contributed by atoms with Crippen molar-refractivity contribution in [3.8, 4) is 17.4 Å². The monoisotopic (exact) mass is 312 g/mol. The van der Waals surface area contributed by atoms with Crippen molar-refractivity contribution in [2.75, 3.05) is 19.9 Å². The molecule has 0 radical (unpaired) electrons. The molecule has 0 bridgehead atoms. The average Bonchev–Trinajstić information content (AvgIpc) is 3.23. The molecule has 2 aliphatic heterocycles. The Hall–Kier alpha value is -2.76. The van der Waals surface area contributed by atoms with Gasteiger partial charge in [-0.05, 0) is 24.3 Å². The molecule has 2 aliphatic rings. The Labute approximate surface area is 133 Å². The van der Waals surface area contributed by atoms with Gasteiger partial charge in [0, 0.05) is 30.8 Å². The van der Waals surface area contributed by atoms with Crippen molar-refractivity contribution in [1.82, 2.24) is 9.88 Å². The lowest BCUT2D eigenvalue weighted by atomic mass is 10.2. The lowest BCUT2D eigenvalue weighted by Gasteiger charge is -2.17. The summed E-state index contributed by atoms with van der Waals surface area (Å²) in [6.07, 6.45) is 2.47. The van der Waals surface area contributed by atoms with Crippen molar-refractivity contribution >= 4 is 5.91 Å². The maximum atomic E-state index is 12.6. The summed E-state index contributed by atoms with van der Waals surface area (Å²) in [5, 5.41) is 0. The SMILES string of the molecule is O=C(c1ccc2c(c1)OCO2)N1CCC(Oc2ccccn2)C1. The Morgan fingerprint density at radius 3 is 3.00 bits per heavy atom. The zero-order valence-electron chi connectivity index (χ0n) is 12.5. The lowest BCUT2D eigenvalue weighted by molar-refractivity contribution is 0.0771. The number of hydrogen-bond acceptors (Lipinski definition) is 5. The molecular weight excluding hydrogens is 296 g/mol. The van der Waals surface area contributed by atoms with Gasteiger partial charge in [0.15, 0.2) is 11.5 Å². The van der Waals surface area contributed by atoms with E-state index in [2.05, 4.69) is 4.98 Å². The first kappa shape index (κ1) is 13.9. The van der Waals surface area contributed by atoms with Crippen LogP contribution < -0.4 is 14.2 Å². The van der Waals surface area contributed by atoms with Gasteiger partial charge in [-0.1, -0.05) is 6.07 Å². The molecule has 2 aromatic rings.